The highest BCUT2D eigenvalue weighted by Crippen LogP contribution is 2.23. The van der Waals surface area contributed by atoms with E-state index in [1.54, 1.807) is 0 Å². The number of hydrogen-bond acceptors (Lipinski definition) is 2. The average molecular weight is 263 g/mol. The van der Waals surface area contributed by atoms with E-state index in [0.29, 0.717) is 12.6 Å². The summed E-state index contributed by atoms with van der Waals surface area (Å²) in [6.07, 6.45) is 4.46. The molecule has 1 aromatic rings. The van der Waals surface area contributed by atoms with Gasteiger partial charge < -0.3 is 10.4 Å². The molecule has 0 aliphatic rings. The largest absolute Gasteiger partial charge is 0.396 e. The van der Waals surface area contributed by atoms with Crippen molar-refractivity contribution < 1.29 is 5.11 Å². The zero-order chi connectivity index (χ0) is 14.3. The molecule has 2 heteroatoms. The van der Waals surface area contributed by atoms with Gasteiger partial charge in [0.15, 0.2) is 0 Å². The molecule has 2 N–H and O–H groups in total. The molecule has 108 valence electrons. The van der Waals surface area contributed by atoms with E-state index in [9.17, 15) is 0 Å². The van der Waals surface area contributed by atoms with Crippen LogP contribution in [0.3, 0.4) is 0 Å². The van der Waals surface area contributed by atoms with Gasteiger partial charge in [-0.3, -0.25) is 0 Å². The van der Waals surface area contributed by atoms with Crippen LogP contribution < -0.4 is 5.32 Å². The maximum absolute atomic E-state index is 8.73. The number of aryl methyl sites for hydroxylation is 3. The maximum atomic E-state index is 8.73. The second-order valence-corrected chi connectivity index (χ2v) is 5.63. The van der Waals surface area contributed by atoms with Crippen molar-refractivity contribution in [1.29, 1.82) is 0 Å². The van der Waals surface area contributed by atoms with Crippen molar-refractivity contribution in [3.05, 3.63) is 34.4 Å². The third kappa shape index (κ3) is 5.33. The van der Waals surface area contributed by atoms with Crippen molar-refractivity contribution in [2.75, 3.05) is 13.2 Å². The van der Waals surface area contributed by atoms with Gasteiger partial charge in [0.05, 0.1) is 0 Å². The molecule has 0 spiro atoms. The molecule has 0 amide bonds. The molecule has 0 bridgehead atoms. The zero-order valence-electron chi connectivity index (χ0n) is 12.9. The normalized spacial score (nSPS) is 12.7. The number of nitrogens with one attached hydrogen (secondary N) is 1. The Labute approximate surface area is 118 Å². The van der Waals surface area contributed by atoms with Gasteiger partial charge in [-0.05, 0) is 63.8 Å². The van der Waals surface area contributed by atoms with Crippen LogP contribution in [0.1, 0.15) is 60.9 Å². The van der Waals surface area contributed by atoms with Crippen LogP contribution in [0.15, 0.2) is 12.1 Å². The Balaban J connectivity index is 2.43. The van der Waals surface area contributed by atoms with Gasteiger partial charge in [0.1, 0.15) is 0 Å². The second kappa shape index (κ2) is 8.34. The lowest BCUT2D eigenvalue weighted by atomic mass is 9.95. The minimum absolute atomic E-state index is 0.325. The number of benzene rings is 1. The molecule has 0 saturated carbocycles. The van der Waals surface area contributed by atoms with Gasteiger partial charge >= 0.3 is 0 Å². The monoisotopic (exact) mass is 263 g/mol. The van der Waals surface area contributed by atoms with Crippen LogP contribution in [0.25, 0.3) is 0 Å². The SMILES string of the molecule is Cc1cc(C)c(C(C)NCCCCCCO)c(C)c1. The maximum Gasteiger partial charge on any atom is 0.0431 e. The Bertz CT molecular complexity index is 364. The highest BCUT2D eigenvalue weighted by Gasteiger charge is 2.10. The quantitative estimate of drug-likeness (QED) is 0.699. The van der Waals surface area contributed by atoms with Gasteiger partial charge in [-0.2, -0.15) is 0 Å². The van der Waals surface area contributed by atoms with Gasteiger partial charge in [-0.1, -0.05) is 30.5 Å². The van der Waals surface area contributed by atoms with Crippen LogP contribution in [0.2, 0.25) is 0 Å². The Morgan fingerprint density at radius 2 is 1.58 bits per heavy atom. The van der Waals surface area contributed by atoms with Gasteiger partial charge in [0.25, 0.3) is 0 Å². The van der Waals surface area contributed by atoms with E-state index in [4.69, 9.17) is 5.11 Å². The fraction of sp³-hybridized carbons (Fsp3) is 0.647. The molecule has 19 heavy (non-hydrogen) atoms. The van der Waals surface area contributed by atoms with Crippen molar-refractivity contribution >= 4 is 0 Å². The van der Waals surface area contributed by atoms with Gasteiger partial charge in [-0.15, -0.1) is 0 Å². The standard InChI is InChI=1S/C17H29NO/c1-13-11-14(2)17(15(3)12-13)16(4)18-9-7-5-6-8-10-19/h11-12,16,18-19H,5-10H2,1-4H3. The molecule has 1 rings (SSSR count). The summed E-state index contributed by atoms with van der Waals surface area (Å²) < 4.78 is 0. The van der Waals surface area contributed by atoms with Crippen LogP contribution >= 0.6 is 0 Å². The van der Waals surface area contributed by atoms with Gasteiger partial charge in [0, 0.05) is 12.6 Å². The van der Waals surface area contributed by atoms with E-state index >= 15 is 0 Å². The summed E-state index contributed by atoms with van der Waals surface area (Å²) >= 11 is 0. The number of hydrogen-bond donors (Lipinski definition) is 2. The van der Waals surface area contributed by atoms with Gasteiger partial charge in [0.2, 0.25) is 0 Å². The third-order valence-electron chi connectivity index (χ3n) is 3.71. The lowest BCUT2D eigenvalue weighted by Gasteiger charge is -2.20. The van der Waals surface area contributed by atoms with Crippen LogP contribution in [-0.4, -0.2) is 18.3 Å². The summed E-state index contributed by atoms with van der Waals surface area (Å²) in [5.41, 5.74) is 5.56. The predicted molar refractivity (Wildman–Crippen MR) is 82.6 cm³/mol. The lowest BCUT2D eigenvalue weighted by Crippen LogP contribution is -2.21. The topological polar surface area (TPSA) is 32.3 Å². The smallest absolute Gasteiger partial charge is 0.0431 e. The molecular weight excluding hydrogens is 234 g/mol. The van der Waals surface area contributed by atoms with Crippen molar-refractivity contribution in [2.24, 2.45) is 0 Å². The van der Waals surface area contributed by atoms with E-state index in [0.717, 1.165) is 19.4 Å². The molecule has 0 aliphatic carbocycles. The van der Waals surface area contributed by atoms with Crippen molar-refractivity contribution in [3.8, 4) is 0 Å². The molecule has 0 saturated heterocycles. The van der Waals surface area contributed by atoms with Crippen LogP contribution in [0.4, 0.5) is 0 Å². The summed E-state index contributed by atoms with van der Waals surface area (Å²) in [6, 6.07) is 4.95. The van der Waals surface area contributed by atoms with E-state index in [1.165, 1.54) is 35.1 Å². The number of unbranched alkanes of at least 4 members (excludes halogenated alkanes) is 3. The number of aliphatic hydroxyl groups excluding tert-OH is 1. The summed E-state index contributed by atoms with van der Waals surface area (Å²) in [5, 5.41) is 12.3. The first-order valence-electron chi connectivity index (χ1n) is 7.48. The van der Waals surface area contributed by atoms with Crippen LogP contribution in [0, 0.1) is 20.8 Å². The molecule has 0 aliphatic heterocycles. The molecule has 0 fully saturated rings. The third-order valence-corrected chi connectivity index (χ3v) is 3.71. The Morgan fingerprint density at radius 3 is 2.16 bits per heavy atom. The molecule has 1 aromatic carbocycles. The fourth-order valence-corrected chi connectivity index (χ4v) is 2.89. The Morgan fingerprint density at radius 1 is 1.00 bits per heavy atom. The second-order valence-electron chi connectivity index (χ2n) is 5.63. The first kappa shape index (κ1) is 16.2. The first-order chi connectivity index (χ1) is 9.06. The fourth-order valence-electron chi connectivity index (χ4n) is 2.89. The average Bonchev–Trinajstić information content (AvgIpc) is 2.32. The summed E-state index contributed by atoms with van der Waals surface area (Å²) in [6.45, 7) is 10.2. The van der Waals surface area contributed by atoms with Crippen LogP contribution in [0.5, 0.6) is 0 Å². The Kier molecular flexibility index (Phi) is 7.11. The molecule has 1 atom stereocenters. The van der Waals surface area contributed by atoms with E-state index in [1.807, 2.05) is 0 Å². The van der Waals surface area contributed by atoms with Crippen molar-refractivity contribution in [3.63, 3.8) is 0 Å². The van der Waals surface area contributed by atoms with E-state index in [2.05, 4.69) is 45.1 Å². The summed E-state index contributed by atoms with van der Waals surface area (Å²) in [5.74, 6) is 0. The van der Waals surface area contributed by atoms with E-state index < -0.39 is 0 Å². The molecule has 0 radical (unpaired) electrons. The highest BCUT2D eigenvalue weighted by atomic mass is 16.2. The molecule has 2 nitrogen and oxygen atoms in total. The van der Waals surface area contributed by atoms with Crippen molar-refractivity contribution in [2.45, 2.75) is 59.4 Å². The number of aliphatic hydroxyl groups is 1. The molecule has 1 unspecified atom stereocenters. The summed E-state index contributed by atoms with van der Waals surface area (Å²) in [7, 11) is 0. The zero-order valence-corrected chi connectivity index (χ0v) is 12.9. The van der Waals surface area contributed by atoms with Gasteiger partial charge in [-0.25, -0.2) is 0 Å². The molecule has 0 heterocycles. The minimum Gasteiger partial charge on any atom is -0.396 e. The predicted octanol–water partition coefficient (Wildman–Crippen LogP) is 3.82. The van der Waals surface area contributed by atoms with Crippen LogP contribution in [-0.2, 0) is 0 Å². The lowest BCUT2D eigenvalue weighted by molar-refractivity contribution is 0.282. The highest BCUT2D eigenvalue weighted by molar-refractivity contribution is 5.39. The van der Waals surface area contributed by atoms with E-state index in [-0.39, 0.29) is 0 Å². The van der Waals surface area contributed by atoms with Crippen molar-refractivity contribution in [1.82, 2.24) is 5.32 Å². The molecular formula is C17H29NO. The Hall–Kier alpha value is -0.860. The summed E-state index contributed by atoms with van der Waals surface area (Å²) in [4.78, 5) is 0. The molecule has 0 aromatic heterocycles. The first-order valence-corrected chi connectivity index (χ1v) is 7.48. The number of rotatable bonds is 8. The minimum atomic E-state index is 0.325.